The molecule has 4 nitrogen and oxygen atoms in total. The van der Waals surface area contributed by atoms with E-state index in [1.807, 2.05) is 4.90 Å². The number of fused-ring (bicyclic) bond motifs is 3. The lowest BCUT2D eigenvalue weighted by Gasteiger charge is -2.26. The number of likely N-dealkylation sites (tertiary alicyclic amines) is 1. The Morgan fingerprint density at radius 3 is 2.67 bits per heavy atom. The minimum Gasteiger partial charge on any atom is -0.481 e. The maximum absolute atomic E-state index is 12.6. The highest BCUT2D eigenvalue weighted by atomic mass is 16.4. The molecule has 1 heterocycles. The molecule has 1 saturated heterocycles. The van der Waals surface area contributed by atoms with Crippen LogP contribution in [-0.4, -0.2) is 35.0 Å². The minimum atomic E-state index is -0.680. The van der Waals surface area contributed by atoms with Gasteiger partial charge in [0.25, 0.3) is 0 Å². The quantitative estimate of drug-likeness (QED) is 0.869. The van der Waals surface area contributed by atoms with Gasteiger partial charge < -0.3 is 10.0 Å². The maximum Gasteiger partial charge on any atom is 0.311 e. The molecule has 0 spiro atoms. The molecule has 3 unspecified atom stereocenters. The van der Waals surface area contributed by atoms with E-state index in [4.69, 9.17) is 0 Å². The third-order valence-corrected chi connectivity index (χ3v) is 6.97. The first kappa shape index (κ1) is 13.6. The number of hydrogen-bond acceptors (Lipinski definition) is 2. The number of aliphatic carboxylic acids is 1. The Bertz CT molecular complexity index is 477. The number of carboxylic acids is 1. The second-order valence-electron chi connectivity index (χ2n) is 7.96. The van der Waals surface area contributed by atoms with Crippen molar-refractivity contribution in [2.24, 2.45) is 29.1 Å². The summed E-state index contributed by atoms with van der Waals surface area (Å²) in [6.45, 7) is 1.15. The SMILES string of the molecule is O=C(CC1CC2CCC1C2)N1C[C@@H]2CCC[C@@]2(C(=O)O)C1. The first-order valence-electron chi connectivity index (χ1n) is 8.59. The van der Waals surface area contributed by atoms with Crippen molar-refractivity contribution in [1.29, 1.82) is 0 Å². The van der Waals surface area contributed by atoms with Crippen LogP contribution in [0.25, 0.3) is 0 Å². The number of carbonyl (C=O) groups is 2. The van der Waals surface area contributed by atoms with Gasteiger partial charge in [-0.05, 0) is 55.8 Å². The van der Waals surface area contributed by atoms with Crippen molar-refractivity contribution in [2.75, 3.05) is 13.1 Å². The van der Waals surface area contributed by atoms with Gasteiger partial charge in [0, 0.05) is 19.5 Å². The van der Waals surface area contributed by atoms with Crippen molar-refractivity contribution in [3.8, 4) is 0 Å². The molecule has 1 aliphatic heterocycles. The normalized spacial score (nSPS) is 44.3. The summed E-state index contributed by atoms with van der Waals surface area (Å²) in [5.41, 5.74) is -0.621. The predicted octanol–water partition coefficient (Wildman–Crippen LogP) is 2.53. The van der Waals surface area contributed by atoms with Crippen LogP contribution in [0.3, 0.4) is 0 Å². The topological polar surface area (TPSA) is 57.6 Å². The Morgan fingerprint density at radius 1 is 1.19 bits per heavy atom. The maximum atomic E-state index is 12.6. The third-order valence-electron chi connectivity index (χ3n) is 6.97. The van der Waals surface area contributed by atoms with Gasteiger partial charge in [-0.15, -0.1) is 0 Å². The summed E-state index contributed by atoms with van der Waals surface area (Å²) < 4.78 is 0. The number of nitrogens with zero attached hydrogens (tertiary/aromatic N) is 1. The number of rotatable bonds is 3. The molecule has 1 amide bonds. The van der Waals surface area contributed by atoms with Crippen molar-refractivity contribution < 1.29 is 14.7 Å². The van der Waals surface area contributed by atoms with E-state index < -0.39 is 11.4 Å². The smallest absolute Gasteiger partial charge is 0.311 e. The fourth-order valence-electron chi connectivity index (χ4n) is 5.81. The van der Waals surface area contributed by atoms with Crippen LogP contribution in [0, 0.1) is 29.1 Å². The molecule has 3 aliphatic carbocycles. The molecule has 4 rings (SSSR count). The van der Waals surface area contributed by atoms with E-state index in [-0.39, 0.29) is 11.8 Å². The molecular weight excluding hydrogens is 266 g/mol. The molecule has 4 aliphatic rings. The van der Waals surface area contributed by atoms with Crippen LogP contribution in [-0.2, 0) is 9.59 Å². The van der Waals surface area contributed by atoms with E-state index in [1.165, 1.54) is 25.7 Å². The largest absolute Gasteiger partial charge is 0.481 e. The van der Waals surface area contributed by atoms with E-state index in [9.17, 15) is 14.7 Å². The van der Waals surface area contributed by atoms with Crippen LogP contribution in [0.1, 0.15) is 51.4 Å². The van der Waals surface area contributed by atoms with Crippen LogP contribution < -0.4 is 0 Å². The van der Waals surface area contributed by atoms with E-state index in [0.717, 1.165) is 31.1 Å². The molecule has 2 bridgehead atoms. The van der Waals surface area contributed by atoms with Crippen LogP contribution in [0.5, 0.6) is 0 Å². The van der Waals surface area contributed by atoms with Gasteiger partial charge in [-0.25, -0.2) is 0 Å². The first-order chi connectivity index (χ1) is 10.1. The molecule has 0 aromatic rings. The highest BCUT2D eigenvalue weighted by Crippen LogP contribution is 2.51. The Morgan fingerprint density at radius 2 is 2.05 bits per heavy atom. The highest BCUT2D eigenvalue weighted by molar-refractivity contribution is 5.81. The predicted molar refractivity (Wildman–Crippen MR) is 77.5 cm³/mol. The number of carboxylic acid groups (broad SMARTS) is 1. The second-order valence-corrected chi connectivity index (χ2v) is 7.96. The number of hydrogen-bond donors (Lipinski definition) is 1. The average molecular weight is 291 g/mol. The Balaban J connectivity index is 1.41. The standard InChI is InChI=1S/C17H25NO3/c19-15(8-13-7-11-3-4-12(13)6-11)18-9-14-2-1-5-17(14,10-18)16(20)21/h11-14H,1-10H2,(H,20,21)/t11?,12?,13?,14-,17+/m0/s1. The van der Waals surface area contributed by atoms with Crippen molar-refractivity contribution >= 4 is 11.9 Å². The number of carbonyl (C=O) groups excluding carboxylic acids is 1. The van der Waals surface area contributed by atoms with Gasteiger partial charge in [0.1, 0.15) is 0 Å². The Kier molecular flexibility index (Phi) is 3.05. The van der Waals surface area contributed by atoms with Crippen molar-refractivity contribution in [3.63, 3.8) is 0 Å². The molecule has 1 N–H and O–H groups in total. The lowest BCUT2D eigenvalue weighted by molar-refractivity contribution is -0.149. The summed E-state index contributed by atoms with van der Waals surface area (Å²) in [5, 5.41) is 9.61. The number of amides is 1. The van der Waals surface area contributed by atoms with E-state index in [0.29, 0.717) is 25.4 Å². The summed E-state index contributed by atoms with van der Waals surface area (Å²) in [7, 11) is 0. The van der Waals surface area contributed by atoms with Gasteiger partial charge in [0.2, 0.25) is 5.91 Å². The summed E-state index contributed by atoms with van der Waals surface area (Å²) in [6.07, 6.45) is 8.65. The van der Waals surface area contributed by atoms with Crippen LogP contribution >= 0.6 is 0 Å². The van der Waals surface area contributed by atoms with Crippen LogP contribution in [0.4, 0.5) is 0 Å². The van der Waals surface area contributed by atoms with Gasteiger partial charge in [-0.1, -0.05) is 12.8 Å². The molecule has 0 aromatic carbocycles. The van der Waals surface area contributed by atoms with Gasteiger partial charge in [-0.2, -0.15) is 0 Å². The average Bonchev–Trinajstić information content (AvgIpc) is 3.17. The molecule has 0 radical (unpaired) electrons. The van der Waals surface area contributed by atoms with E-state index >= 15 is 0 Å². The summed E-state index contributed by atoms with van der Waals surface area (Å²) in [4.78, 5) is 26.2. The highest BCUT2D eigenvalue weighted by Gasteiger charge is 2.56. The van der Waals surface area contributed by atoms with Gasteiger partial charge in [-0.3, -0.25) is 9.59 Å². The lowest BCUT2D eigenvalue weighted by atomic mass is 9.81. The Hall–Kier alpha value is -1.06. The zero-order valence-electron chi connectivity index (χ0n) is 12.6. The van der Waals surface area contributed by atoms with E-state index in [2.05, 4.69) is 0 Å². The minimum absolute atomic E-state index is 0.193. The molecule has 5 atom stereocenters. The van der Waals surface area contributed by atoms with Crippen molar-refractivity contribution in [3.05, 3.63) is 0 Å². The van der Waals surface area contributed by atoms with E-state index in [1.54, 1.807) is 0 Å². The molecule has 21 heavy (non-hydrogen) atoms. The second kappa shape index (κ2) is 4.72. The fraction of sp³-hybridized carbons (Fsp3) is 0.882. The summed E-state index contributed by atoms with van der Waals surface area (Å²) in [5.74, 6) is 1.96. The third kappa shape index (κ3) is 2.01. The van der Waals surface area contributed by atoms with Gasteiger partial charge in [0.05, 0.1) is 5.41 Å². The van der Waals surface area contributed by atoms with Gasteiger partial charge >= 0.3 is 5.97 Å². The molecule has 4 heteroatoms. The van der Waals surface area contributed by atoms with Crippen molar-refractivity contribution in [1.82, 2.24) is 4.90 Å². The van der Waals surface area contributed by atoms with Gasteiger partial charge in [0.15, 0.2) is 0 Å². The monoisotopic (exact) mass is 291 g/mol. The molecule has 3 saturated carbocycles. The lowest BCUT2D eigenvalue weighted by Crippen LogP contribution is -2.37. The fourth-order valence-corrected chi connectivity index (χ4v) is 5.81. The molecule has 0 aromatic heterocycles. The first-order valence-corrected chi connectivity index (χ1v) is 8.59. The van der Waals surface area contributed by atoms with Crippen LogP contribution in [0.15, 0.2) is 0 Å². The van der Waals surface area contributed by atoms with Crippen molar-refractivity contribution in [2.45, 2.75) is 51.4 Å². The molecule has 116 valence electrons. The summed E-state index contributed by atoms with van der Waals surface area (Å²) in [6, 6.07) is 0. The summed E-state index contributed by atoms with van der Waals surface area (Å²) >= 11 is 0. The zero-order chi connectivity index (χ0) is 14.6. The molecule has 4 fully saturated rings. The Labute approximate surface area is 125 Å². The molecular formula is C17H25NO3. The zero-order valence-corrected chi connectivity index (χ0v) is 12.6. The van der Waals surface area contributed by atoms with Crippen LogP contribution in [0.2, 0.25) is 0 Å².